The van der Waals surface area contributed by atoms with E-state index in [-0.39, 0.29) is 36.6 Å². The van der Waals surface area contributed by atoms with Crippen LogP contribution < -0.4 is 5.73 Å². The second-order valence-electron chi connectivity index (χ2n) is 5.45. The first-order valence-corrected chi connectivity index (χ1v) is 6.68. The van der Waals surface area contributed by atoms with Gasteiger partial charge in [-0.2, -0.15) is 0 Å². The third kappa shape index (κ3) is 5.86. The van der Waals surface area contributed by atoms with Gasteiger partial charge in [-0.15, -0.1) is 24.8 Å². The van der Waals surface area contributed by atoms with Gasteiger partial charge in [0.2, 0.25) is 5.91 Å². The monoisotopic (exact) mass is 313 g/mol. The molecule has 0 spiro atoms. The molecule has 1 heterocycles. The highest BCUT2D eigenvalue weighted by Gasteiger charge is 2.27. The normalized spacial score (nSPS) is 18.4. The number of nitrogens with two attached hydrogens (primary N) is 1. The van der Waals surface area contributed by atoms with Crippen LogP contribution in [0.5, 0.6) is 0 Å². The number of amides is 1. The third-order valence-corrected chi connectivity index (χ3v) is 3.90. The maximum atomic E-state index is 12.0. The van der Waals surface area contributed by atoms with Gasteiger partial charge >= 0.3 is 0 Å². The average Bonchev–Trinajstić information content (AvgIpc) is 2.36. The topological polar surface area (TPSA) is 49.6 Å². The summed E-state index contributed by atoms with van der Waals surface area (Å²) in [7, 11) is 1.92. The zero-order valence-corrected chi connectivity index (χ0v) is 14.1. The molecule has 0 saturated carbocycles. The number of carbonyl (C=O) groups is 1. The number of piperidine rings is 1. The van der Waals surface area contributed by atoms with Crippen LogP contribution in [0.3, 0.4) is 0 Å². The molecule has 1 aliphatic rings. The third-order valence-electron chi connectivity index (χ3n) is 3.90. The maximum Gasteiger partial charge on any atom is 0.226 e. The largest absolute Gasteiger partial charge is 0.342 e. The van der Waals surface area contributed by atoms with Crippen LogP contribution in [0.15, 0.2) is 0 Å². The minimum atomic E-state index is -0.0527. The zero-order chi connectivity index (χ0) is 13.0. The van der Waals surface area contributed by atoms with Crippen molar-refractivity contribution in [3.63, 3.8) is 0 Å². The quantitative estimate of drug-likeness (QED) is 0.860. The molecule has 2 N–H and O–H groups in total. The van der Waals surface area contributed by atoms with Crippen molar-refractivity contribution in [1.82, 2.24) is 9.80 Å². The van der Waals surface area contributed by atoms with E-state index in [0.29, 0.717) is 18.6 Å². The SMILES string of the molecule is CC(CN)C(=O)N(C)C1CCN(C(C)C)CC1.Cl.Cl. The summed E-state index contributed by atoms with van der Waals surface area (Å²) in [5.41, 5.74) is 5.55. The predicted molar refractivity (Wildman–Crippen MR) is 85.2 cm³/mol. The number of hydrogen-bond donors (Lipinski definition) is 1. The molecule has 19 heavy (non-hydrogen) atoms. The maximum absolute atomic E-state index is 12.0. The smallest absolute Gasteiger partial charge is 0.226 e. The zero-order valence-electron chi connectivity index (χ0n) is 12.5. The minimum Gasteiger partial charge on any atom is -0.342 e. The molecular weight excluding hydrogens is 285 g/mol. The van der Waals surface area contributed by atoms with Crippen molar-refractivity contribution in [3.05, 3.63) is 0 Å². The van der Waals surface area contributed by atoms with Gasteiger partial charge in [-0.1, -0.05) is 6.92 Å². The standard InChI is InChI=1S/C13H27N3O.2ClH/c1-10(2)16-7-5-12(6-8-16)15(4)13(17)11(3)9-14;;/h10-12H,5-9,14H2,1-4H3;2*1H. The summed E-state index contributed by atoms with van der Waals surface area (Å²) in [6.45, 7) is 8.99. The molecule has 1 atom stereocenters. The van der Waals surface area contributed by atoms with Crippen molar-refractivity contribution in [2.45, 2.75) is 45.7 Å². The predicted octanol–water partition coefficient (Wildman–Crippen LogP) is 1.76. The van der Waals surface area contributed by atoms with E-state index < -0.39 is 0 Å². The summed E-state index contributed by atoms with van der Waals surface area (Å²) in [5, 5.41) is 0. The van der Waals surface area contributed by atoms with Crippen molar-refractivity contribution in [2.24, 2.45) is 11.7 Å². The summed E-state index contributed by atoms with van der Waals surface area (Å²) in [6, 6.07) is 1.01. The molecular formula is C13H29Cl2N3O. The number of carbonyl (C=O) groups excluding carboxylic acids is 1. The second-order valence-corrected chi connectivity index (χ2v) is 5.45. The Morgan fingerprint density at radius 1 is 1.26 bits per heavy atom. The summed E-state index contributed by atoms with van der Waals surface area (Å²) >= 11 is 0. The fourth-order valence-electron chi connectivity index (χ4n) is 2.42. The van der Waals surface area contributed by atoms with Gasteiger partial charge in [0.1, 0.15) is 0 Å². The van der Waals surface area contributed by atoms with E-state index in [1.165, 1.54) is 0 Å². The summed E-state index contributed by atoms with van der Waals surface area (Å²) in [5.74, 6) is 0.138. The lowest BCUT2D eigenvalue weighted by Crippen LogP contribution is -2.49. The van der Waals surface area contributed by atoms with Gasteiger partial charge in [-0.05, 0) is 26.7 Å². The van der Waals surface area contributed by atoms with E-state index in [0.717, 1.165) is 25.9 Å². The molecule has 1 fully saturated rings. The fourth-order valence-corrected chi connectivity index (χ4v) is 2.42. The lowest BCUT2D eigenvalue weighted by atomic mass is 10.0. The number of rotatable bonds is 4. The van der Waals surface area contributed by atoms with Crippen molar-refractivity contribution in [3.8, 4) is 0 Å². The molecule has 1 aliphatic heterocycles. The Bertz CT molecular complexity index is 256. The molecule has 1 saturated heterocycles. The molecule has 1 amide bonds. The molecule has 0 radical (unpaired) electrons. The Morgan fingerprint density at radius 2 is 1.74 bits per heavy atom. The molecule has 0 bridgehead atoms. The Balaban J connectivity index is 0. The molecule has 0 aromatic heterocycles. The van der Waals surface area contributed by atoms with E-state index in [4.69, 9.17) is 5.73 Å². The number of hydrogen-bond acceptors (Lipinski definition) is 3. The van der Waals surface area contributed by atoms with E-state index in [1.807, 2.05) is 18.9 Å². The summed E-state index contributed by atoms with van der Waals surface area (Å²) in [4.78, 5) is 16.4. The Morgan fingerprint density at radius 3 is 2.11 bits per heavy atom. The lowest BCUT2D eigenvalue weighted by Gasteiger charge is -2.39. The van der Waals surface area contributed by atoms with E-state index in [9.17, 15) is 4.79 Å². The van der Waals surface area contributed by atoms with Crippen LogP contribution in [0.2, 0.25) is 0 Å². The first kappa shape index (κ1) is 21.3. The first-order chi connectivity index (χ1) is 7.97. The van der Waals surface area contributed by atoms with E-state index >= 15 is 0 Å². The van der Waals surface area contributed by atoms with Crippen molar-refractivity contribution in [1.29, 1.82) is 0 Å². The highest BCUT2D eigenvalue weighted by Crippen LogP contribution is 2.18. The highest BCUT2D eigenvalue weighted by atomic mass is 35.5. The van der Waals surface area contributed by atoms with E-state index in [1.54, 1.807) is 0 Å². The van der Waals surface area contributed by atoms with Gasteiger partial charge in [0.25, 0.3) is 0 Å². The van der Waals surface area contributed by atoms with Crippen LogP contribution in [-0.2, 0) is 4.79 Å². The number of halogens is 2. The molecule has 116 valence electrons. The van der Waals surface area contributed by atoms with Gasteiger partial charge in [0.05, 0.1) is 0 Å². The van der Waals surface area contributed by atoms with Crippen molar-refractivity contribution in [2.75, 3.05) is 26.7 Å². The summed E-state index contributed by atoms with van der Waals surface area (Å²) < 4.78 is 0. The molecule has 1 rings (SSSR count). The van der Waals surface area contributed by atoms with Crippen LogP contribution in [0, 0.1) is 5.92 Å². The van der Waals surface area contributed by atoms with Crippen LogP contribution in [0.4, 0.5) is 0 Å². The van der Waals surface area contributed by atoms with Gasteiger partial charge < -0.3 is 15.5 Å². The Hall–Kier alpha value is -0.0300. The van der Waals surface area contributed by atoms with Crippen LogP contribution in [0.25, 0.3) is 0 Å². The van der Waals surface area contributed by atoms with E-state index in [2.05, 4.69) is 18.7 Å². The molecule has 1 unspecified atom stereocenters. The molecule has 4 nitrogen and oxygen atoms in total. The lowest BCUT2D eigenvalue weighted by molar-refractivity contribution is -0.136. The van der Waals surface area contributed by atoms with Gasteiger partial charge in [-0.25, -0.2) is 0 Å². The summed E-state index contributed by atoms with van der Waals surface area (Å²) in [6.07, 6.45) is 2.16. The van der Waals surface area contributed by atoms with Crippen molar-refractivity contribution < 1.29 is 4.79 Å². The van der Waals surface area contributed by atoms with Gasteiger partial charge in [0, 0.05) is 44.7 Å². The van der Waals surface area contributed by atoms with Gasteiger partial charge in [0.15, 0.2) is 0 Å². The minimum absolute atomic E-state index is 0. The molecule has 0 aliphatic carbocycles. The van der Waals surface area contributed by atoms with Gasteiger partial charge in [-0.3, -0.25) is 4.79 Å². The van der Waals surface area contributed by atoms with Crippen LogP contribution in [-0.4, -0.2) is 54.5 Å². The Labute approximate surface area is 129 Å². The van der Waals surface area contributed by atoms with Crippen molar-refractivity contribution >= 4 is 30.7 Å². The first-order valence-electron chi connectivity index (χ1n) is 6.68. The fraction of sp³-hybridized carbons (Fsp3) is 0.923. The molecule has 0 aromatic carbocycles. The van der Waals surface area contributed by atoms with Crippen LogP contribution >= 0.6 is 24.8 Å². The second kappa shape index (κ2) is 9.81. The number of nitrogens with zero attached hydrogens (tertiary/aromatic N) is 2. The Kier molecular flexibility index (Phi) is 11.0. The van der Waals surface area contributed by atoms with Crippen LogP contribution in [0.1, 0.15) is 33.6 Å². The highest BCUT2D eigenvalue weighted by molar-refractivity contribution is 5.85. The molecule has 6 heteroatoms. The number of likely N-dealkylation sites (tertiary alicyclic amines) is 1. The molecule has 0 aromatic rings. The average molecular weight is 314 g/mol.